The fourth-order valence-corrected chi connectivity index (χ4v) is 6.98. The summed E-state index contributed by atoms with van der Waals surface area (Å²) in [6.07, 6.45) is 17.8. The molecule has 5 fully saturated rings. The molecule has 0 aliphatic heterocycles. The summed E-state index contributed by atoms with van der Waals surface area (Å²) < 4.78 is 0. The van der Waals surface area contributed by atoms with Crippen molar-refractivity contribution >= 4 is 0 Å². The first-order chi connectivity index (χ1) is 8.84. The number of hydrogen-bond donors (Lipinski definition) is 0. The summed E-state index contributed by atoms with van der Waals surface area (Å²) in [5.74, 6) is 7.06. The SMILES string of the molecule is C1CC2CC3C[C@H]([C@H]4CCC45CC5)CC3[C@H](C1)C2. The third-order valence-electron chi connectivity index (χ3n) is 8.05. The van der Waals surface area contributed by atoms with Gasteiger partial charge >= 0.3 is 0 Å². The van der Waals surface area contributed by atoms with Gasteiger partial charge in [-0.3, -0.25) is 0 Å². The summed E-state index contributed by atoms with van der Waals surface area (Å²) >= 11 is 0. The predicted molar refractivity (Wildman–Crippen MR) is 74.2 cm³/mol. The lowest BCUT2D eigenvalue weighted by Gasteiger charge is -2.42. The molecular weight excluding hydrogens is 216 g/mol. The molecular formula is C18H28. The van der Waals surface area contributed by atoms with Crippen LogP contribution in [0.3, 0.4) is 0 Å². The summed E-state index contributed by atoms with van der Waals surface area (Å²) in [5, 5.41) is 0. The van der Waals surface area contributed by atoms with Gasteiger partial charge in [0.25, 0.3) is 0 Å². The highest BCUT2D eigenvalue weighted by Crippen LogP contribution is 2.70. The summed E-state index contributed by atoms with van der Waals surface area (Å²) in [7, 11) is 0. The van der Waals surface area contributed by atoms with Crippen LogP contribution in [0.4, 0.5) is 0 Å². The second-order valence-corrected chi connectivity index (χ2v) is 8.69. The van der Waals surface area contributed by atoms with Crippen molar-refractivity contribution in [3.05, 3.63) is 0 Å². The first kappa shape index (κ1) is 10.7. The average molecular weight is 244 g/mol. The predicted octanol–water partition coefficient (Wildman–Crippen LogP) is 5.03. The molecule has 0 aromatic heterocycles. The van der Waals surface area contributed by atoms with Crippen molar-refractivity contribution in [2.24, 2.45) is 40.9 Å². The van der Waals surface area contributed by atoms with E-state index in [-0.39, 0.29) is 0 Å². The van der Waals surface area contributed by atoms with Gasteiger partial charge in [-0.15, -0.1) is 0 Å². The normalized spacial score (nSPS) is 56.0. The topological polar surface area (TPSA) is 0 Å². The van der Waals surface area contributed by atoms with E-state index in [1.807, 2.05) is 0 Å². The van der Waals surface area contributed by atoms with E-state index in [0.29, 0.717) is 0 Å². The molecule has 3 unspecified atom stereocenters. The largest absolute Gasteiger partial charge is 0.0528 e. The second kappa shape index (κ2) is 3.55. The van der Waals surface area contributed by atoms with E-state index in [4.69, 9.17) is 0 Å². The molecule has 2 bridgehead atoms. The van der Waals surface area contributed by atoms with Crippen LogP contribution in [0.15, 0.2) is 0 Å². The molecule has 0 radical (unpaired) electrons. The van der Waals surface area contributed by atoms with Gasteiger partial charge in [0.2, 0.25) is 0 Å². The van der Waals surface area contributed by atoms with Crippen molar-refractivity contribution < 1.29 is 0 Å². The Morgan fingerprint density at radius 3 is 2.33 bits per heavy atom. The molecule has 0 aromatic rings. The molecule has 0 aromatic carbocycles. The van der Waals surface area contributed by atoms with Crippen LogP contribution >= 0.6 is 0 Å². The van der Waals surface area contributed by atoms with E-state index in [2.05, 4.69) is 0 Å². The Kier molecular flexibility index (Phi) is 2.12. The molecule has 0 amide bonds. The first-order valence-corrected chi connectivity index (χ1v) is 8.84. The Morgan fingerprint density at radius 1 is 0.667 bits per heavy atom. The molecule has 5 rings (SSSR count). The molecule has 5 aliphatic carbocycles. The third kappa shape index (κ3) is 1.38. The van der Waals surface area contributed by atoms with E-state index in [1.165, 1.54) is 29.6 Å². The van der Waals surface area contributed by atoms with Crippen molar-refractivity contribution in [2.45, 2.75) is 70.6 Å². The van der Waals surface area contributed by atoms with Gasteiger partial charge in [0.15, 0.2) is 0 Å². The lowest BCUT2D eigenvalue weighted by molar-refractivity contribution is 0.0747. The highest BCUT2D eigenvalue weighted by Gasteiger charge is 2.59. The monoisotopic (exact) mass is 244 g/mol. The highest BCUT2D eigenvalue weighted by molar-refractivity contribution is 5.10. The molecule has 5 saturated carbocycles. The van der Waals surface area contributed by atoms with E-state index in [1.54, 1.807) is 70.6 Å². The first-order valence-electron chi connectivity index (χ1n) is 8.84. The number of hydrogen-bond acceptors (Lipinski definition) is 0. The van der Waals surface area contributed by atoms with E-state index in [0.717, 1.165) is 11.3 Å². The van der Waals surface area contributed by atoms with E-state index < -0.39 is 0 Å². The number of fused-ring (bicyclic) bond motifs is 4. The van der Waals surface area contributed by atoms with Crippen LogP contribution in [0.25, 0.3) is 0 Å². The van der Waals surface area contributed by atoms with Crippen molar-refractivity contribution in [3.8, 4) is 0 Å². The maximum atomic E-state index is 1.66. The molecule has 0 heterocycles. The van der Waals surface area contributed by atoms with E-state index >= 15 is 0 Å². The van der Waals surface area contributed by atoms with Crippen LogP contribution in [0.5, 0.6) is 0 Å². The Hall–Kier alpha value is 0. The Labute approximate surface area is 112 Å². The summed E-state index contributed by atoms with van der Waals surface area (Å²) in [5.41, 5.74) is 0.938. The van der Waals surface area contributed by atoms with Crippen LogP contribution in [-0.2, 0) is 0 Å². The van der Waals surface area contributed by atoms with Crippen molar-refractivity contribution in [2.75, 3.05) is 0 Å². The van der Waals surface area contributed by atoms with Crippen LogP contribution in [0.1, 0.15) is 70.6 Å². The van der Waals surface area contributed by atoms with Crippen molar-refractivity contribution in [1.82, 2.24) is 0 Å². The minimum atomic E-state index is 0.938. The van der Waals surface area contributed by atoms with Crippen molar-refractivity contribution in [1.29, 1.82) is 0 Å². The molecule has 5 aliphatic rings. The van der Waals surface area contributed by atoms with Gasteiger partial charge in [-0.1, -0.05) is 19.3 Å². The highest BCUT2D eigenvalue weighted by atomic mass is 14.6. The summed E-state index contributed by atoms with van der Waals surface area (Å²) in [6.45, 7) is 0. The minimum Gasteiger partial charge on any atom is -0.0528 e. The zero-order valence-electron chi connectivity index (χ0n) is 11.7. The zero-order chi connectivity index (χ0) is 11.7. The van der Waals surface area contributed by atoms with Gasteiger partial charge in [0.1, 0.15) is 0 Å². The molecule has 0 nitrogen and oxygen atoms in total. The Morgan fingerprint density at radius 2 is 1.56 bits per heavy atom. The van der Waals surface area contributed by atoms with Gasteiger partial charge in [0.05, 0.1) is 0 Å². The summed E-state index contributed by atoms with van der Waals surface area (Å²) in [4.78, 5) is 0. The van der Waals surface area contributed by atoms with Gasteiger partial charge in [-0.05, 0) is 92.3 Å². The van der Waals surface area contributed by atoms with Crippen LogP contribution < -0.4 is 0 Å². The second-order valence-electron chi connectivity index (χ2n) is 8.69. The zero-order valence-corrected chi connectivity index (χ0v) is 11.7. The van der Waals surface area contributed by atoms with Crippen LogP contribution in [0, 0.1) is 40.9 Å². The quantitative estimate of drug-likeness (QED) is 0.607. The van der Waals surface area contributed by atoms with Gasteiger partial charge in [-0.2, -0.15) is 0 Å². The molecule has 100 valence electrons. The van der Waals surface area contributed by atoms with Crippen LogP contribution in [0.2, 0.25) is 0 Å². The minimum absolute atomic E-state index is 0.938. The average Bonchev–Trinajstić information content (AvgIpc) is 3.08. The third-order valence-corrected chi connectivity index (χ3v) is 8.05. The van der Waals surface area contributed by atoms with Crippen LogP contribution in [-0.4, -0.2) is 0 Å². The Balaban J connectivity index is 1.35. The van der Waals surface area contributed by atoms with Gasteiger partial charge in [0, 0.05) is 0 Å². The molecule has 1 spiro atoms. The molecule has 6 atom stereocenters. The molecule has 0 heteroatoms. The smallest absolute Gasteiger partial charge is 0.0266 e. The molecule has 0 saturated heterocycles. The Bertz CT molecular complexity index is 353. The standard InChI is InChI=1S/C18H28/c1-2-12-8-13(3-1)16-11-15(10-14(16)9-12)17-4-5-18(17)6-7-18/h12-17H,1-11H2/t12?,13-,14?,15+,16?,17-/m1/s1. The van der Waals surface area contributed by atoms with Gasteiger partial charge < -0.3 is 0 Å². The fraction of sp³-hybridized carbons (Fsp3) is 1.00. The lowest BCUT2D eigenvalue weighted by atomic mass is 9.63. The number of rotatable bonds is 1. The lowest BCUT2D eigenvalue weighted by Crippen LogP contribution is -2.33. The maximum absolute atomic E-state index is 1.66. The van der Waals surface area contributed by atoms with Crippen molar-refractivity contribution in [3.63, 3.8) is 0 Å². The molecule has 0 N–H and O–H groups in total. The van der Waals surface area contributed by atoms with Gasteiger partial charge in [-0.25, -0.2) is 0 Å². The maximum Gasteiger partial charge on any atom is -0.0266 e. The summed E-state index contributed by atoms with van der Waals surface area (Å²) in [6, 6.07) is 0. The van der Waals surface area contributed by atoms with E-state index in [9.17, 15) is 0 Å². The fourth-order valence-electron chi connectivity index (χ4n) is 6.98. The molecule has 18 heavy (non-hydrogen) atoms.